The lowest BCUT2D eigenvalue weighted by atomic mass is 10.3. The second kappa shape index (κ2) is 7.77. The molecule has 18 heavy (non-hydrogen) atoms. The molecule has 0 atom stereocenters. The number of alkyl halides is 3. The molecule has 0 N–H and O–H groups in total. The van der Waals surface area contributed by atoms with E-state index in [-0.39, 0.29) is 6.04 Å². The number of halogens is 3. The number of rotatable bonds is 5. The van der Waals surface area contributed by atoms with Crippen molar-refractivity contribution in [1.29, 1.82) is 0 Å². The van der Waals surface area contributed by atoms with Crippen LogP contribution in [-0.2, 0) is 0 Å². The first-order valence-electron chi connectivity index (χ1n) is 5.63. The third-order valence-corrected chi connectivity index (χ3v) is 1.92. The van der Waals surface area contributed by atoms with Crippen LogP contribution in [0.4, 0.5) is 13.2 Å². The molecule has 5 heteroatoms. The van der Waals surface area contributed by atoms with E-state index in [0.29, 0.717) is 12.3 Å². The predicted molar refractivity (Wildman–Crippen MR) is 68.5 cm³/mol. The van der Waals surface area contributed by atoms with Gasteiger partial charge in [-0.3, -0.25) is 4.99 Å². The van der Waals surface area contributed by atoms with Gasteiger partial charge in [0.15, 0.2) is 0 Å². The second-order valence-electron chi connectivity index (χ2n) is 4.08. The molecule has 0 saturated heterocycles. The Labute approximate surface area is 106 Å². The Hall–Kier alpha value is -1.48. The summed E-state index contributed by atoms with van der Waals surface area (Å²) in [6.07, 6.45) is -0.535. The van der Waals surface area contributed by atoms with E-state index in [4.69, 9.17) is 0 Å². The summed E-state index contributed by atoms with van der Waals surface area (Å²) in [5.74, 6) is 0.680. The number of allylic oxidation sites excluding steroid dienone is 1. The Morgan fingerprint density at radius 3 is 2.44 bits per heavy atom. The zero-order valence-corrected chi connectivity index (χ0v) is 11.0. The summed E-state index contributed by atoms with van der Waals surface area (Å²) in [5.41, 5.74) is 2.60. The van der Waals surface area contributed by atoms with E-state index in [1.807, 2.05) is 13.8 Å². The molecule has 0 heterocycles. The number of amidine groups is 1. The zero-order chi connectivity index (χ0) is 14.2. The van der Waals surface area contributed by atoms with Crippen molar-refractivity contribution >= 4 is 5.84 Å². The lowest BCUT2D eigenvalue weighted by Gasteiger charge is -2.16. The highest BCUT2D eigenvalue weighted by Gasteiger charge is 2.24. The molecule has 0 saturated carbocycles. The first kappa shape index (κ1) is 16.5. The molecule has 0 aromatic rings. The van der Waals surface area contributed by atoms with Gasteiger partial charge in [-0.2, -0.15) is 13.2 Å². The van der Waals surface area contributed by atoms with Crippen molar-refractivity contribution in [3.63, 3.8) is 0 Å². The first-order valence-corrected chi connectivity index (χ1v) is 5.63. The van der Waals surface area contributed by atoms with Crippen LogP contribution in [0.5, 0.6) is 0 Å². The van der Waals surface area contributed by atoms with Gasteiger partial charge in [-0.1, -0.05) is 18.7 Å². The lowest BCUT2D eigenvalue weighted by Crippen LogP contribution is -2.21. The van der Waals surface area contributed by atoms with Crippen molar-refractivity contribution in [3.05, 3.63) is 30.7 Å². The SMILES string of the molecule is C=C=CN(C)/C(C/C=C\CC(F)(F)F)=N\C(C)C. The van der Waals surface area contributed by atoms with Crippen molar-refractivity contribution in [3.8, 4) is 0 Å². The van der Waals surface area contributed by atoms with Gasteiger partial charge in [-0.25, -0.2) is 0 Å². The largest absolute Gasteiger partial charge is 0.392 e. The molecule has 0 aliphatic carbocycles. The van der Waals surface area contributed by atoms with Crippen LogP contribution < -0.4 is 0 Å². The second-order valence-corrected chi connectivity index (χ2v) is 4.08. The maximum absolute atomic E-state index is 12.0. The fourth-order valence-electron chi connectivity index (χ4n) is 1.20. The topological polar surface area (TPSA) is 15.6 Å². The van der Waals surface area contributed by atoms with Gasteiger partial charge in [-0.15, -0.1) is 5.73 Å². The van der Waals surface area contributed by atoms with E-state index in [9.17, 15) is 13.2 Å². The first-order chi connectivity index (χ1) is 8.26. The summed E-state index contributed by atoms with van der Waals surface area (Å²) in [4.78, 5) is 6.04. The molecule has 0 aliphatic rings. The molecular weight excluding hydrogens is 241 g/mol. The van der Waals surface area contributed by atoms with Crippen LogP contribution in [0, 0.1) is 0 Å². The standard InChI is InChI=1S/C13H19F3N2/c1-5-10-18(4)12(17-11(2)3)8-6-7-9-13(14,15)16/h6-7,10-11H,1,8-9H2,2-4H3/b7-6-,17-12-. The Kier molecular flexibility index (Phi) is 7.13. The number of nitrogens with zero attached hydrogens (tertiary/aromatic N) is 2. The van der Waals surface area contributed by atoms with Gasteiger partial charge in [-0.05, 0) is 13.8 Å². The molecule has 0 radical (unpaired) electrons. The molecule has 0 amide bonds. The van der Waals surface area contributed by atoms with E-state index < -0.39 is 12.6 Å². The molecule has 0 aliphatic heterocycles. The average molecular weight is 260 g/mol. The molecule has 0 unspecified atom stereocenters. The van der Waals surface area contributed by atoms with E-state index in [0.717, 1.165) is 6.08 Å². The van der Waals surface area contributed by atoms with Crippen LogP contribution in [0.25, 0.3) is 0 Å². The molecule has 2 nitrogen and oxygen atoms in total. The molecule has 0 rings (SSSR count). The van der Waals surface area contributed by atoms with Crippen LogP contribution in [0.2, 0.25) is 0 Å². The zero-order valence-electron chi connectivity index (χ0n) is 11.0. The van der Waals surface area contributed by atoms with E-state index in [2.05, 4.69) is 17.3 Å². The van der Waals surface area contributed by atoms with Gasteiger partial charge >= 0.3 is 6.18 Å². The minimum absolute atomic E-state index is 0.0803. The highest BCUT2D eigenvalue weighted by molar-refractivity contribution is 5.84. The number of hydrogen-bond acceptors (Lipinski definition) is 1. The summed E-state index contributed by atoms with van der Waals surface area (Å²) in [6.45, 7) is 7.26. The van der Waals surface area contributed by atoms with Crippen LogP contribution in [-0.4, -0.2) is 30.0 Å². The fourth-order valence-corrected chi connectivity index (χ4v) is 1.20. The predicted octanol–water partition coefficient (Wildman–Crippen LogP) is 3.92. The van der Waals surface area contributed by atoms with Crippen LogP contribution in [0.1, 0.15) is 26.7 Å². The van der Waals surface area contributed by atoms with Gasteiger partial charge < -0.3 is 4.90 Å². The molecule has 0 fully saturated rings. The van der Waals surface area contributed by atoms with Crippen LogP contribution in [0.3, 0.4) is 0 Å². The molecule has 0 spiro atoms. The Morgan fingerprint density at radius 1 is 1.39 bits per heavy atom. The Balaban J connectivity index is 4.58. The van der Waals surface area contributed by atoms with E-state index in [1.54, 1.807) is 18.1 Å². The highest BCUT2D eigenvalue weighted by Crippen LogP contribution is 2.19. The van der Waals surface area contributed by atoms with Crippen LogP contribution >= 0.6 is 0 Å². The monoisotopic (exact) mass is 260 g/mol. The van der Waals surface area contributed by atoms with Gasteiger partial charge in [0.25, 0.3) is 0 Å². The van der Waals surface area contributed by atoms with Crippen molar-refractivity contribution < 1.29 is 13.2 Å². The average Bonchev–Trinajstić information content (AvgIpc) is 2.21. The smallest absolute Gasteiger partial charge is 0.333 e. The molecule has 102 valence electrons. The summed E-state index contributed by atoms with van der Waals surface area (Å²) in [7, 11) is 1.76. The Morgan fingerprint density at radius 2 is 2.00 bits per heavy atom. The summed E-state index contributed by atoms with van der Waals surface area (Å²) >= 11 is 0. The normalized spacial score (nSPS) is 12.9. The van der Waals surface area contributed by atoms with E-state index >= 15 is 0 Å². The maximum Gasteiger partial charge on any atom is 0.392 e. The summed E-state index contributed by atoms with van der Waals surface area (Å²) < 4.78 is 35.9. The Bertz CT molecular complexity index is 348. The van der Waals surface area contributed by atoms with Gasteiger partial charge in [0, 0.05) is 25.7 Å². The molecular formula is C13H19F3N2. The lowest BCUT2D eigenvalue weighted by molar-refractivity contribution is -0.125. The third-order valence-electron chi connectivity index (χ3n) is 1.92. The van der Waals surface area contributed by atoms with Crippen molar-refractivity contribution in [1.82, 2.24) is 4.90 Å². The quantitative estimate of drug-likeness (QED) is 0.316. The fraction of sp³-hybridized carbons (Fsp3) is 0.538. The van der Waals surface area contributed by atoms with Crippen molar-refractivity contribution in [2.75, 3.05) is 7.05 Å². The van der Waals surface area contributed by atoms with Crippen molar-refractivity contribution in [2.24, 2.45) is 4.99 Å². The van der Waals surface area contributed by atoms with Gasteiger partial charge in [0.1, 0.15) is 5.84 Å². The summed E-state index contributed by atoms with van der Waals surface area (Å²) in [6, 6.07) is 0.0803. The third kappa shape index (κ3) is 8.65. The number of hydrogen-bond donors (Lipinski definition) is 0. The summed E-state index contributed by atoms with van der Waals surface area (Å²) in [5, 5.41) is 0. The van der Waals surface area contributed by atoms with Gasteiger partial charge in [0.05, 0.1) is 6.42 Å². The van der Waals surface area contributed by atoms with E-state index in [1.165, 1.54) is 6.08 Å². The molecule has 0 aromatic heterocycles. The minimum Gasteiger partial charge on any atom is -0.333 e. The highest BCUT2D eigenvalue weighted by atomic mass is 19.4. The number of aliphatic imine (C=N–C) groups is 1. The maximum atomic E-state index is 12.0. The molecule has 0 aromatic carbocycles. The minimum atomic E-state index is -4.15. The van der Waals surface area contributed by atoms with Crippen LogP contribution in [0.15, 0.2) is 35.7 Å². The van der Waals surface area contributed by atoms with Crippen molar-refractivity contribution in [2.45, 2.75) is 38.9 Å². The molecule has 0 bridgehead atoms. The van der Waals surface area contributed by atoms with Gasteiger partial charge in [0.2, 0.25) is 0 Å².